The molecule has 0 amide bonds. The van der Waals surface area contributed by atoms with E-state index in [0.717, 1.165) is 44.0 Å². The van der Waals surface area contributed by atoms with Gasteiger partial charge in [0, 0.05) is 21.8 Å². The first kappa shape index (κ1) is 23.4. The minimum Gasteiger partial charge on any atom is -0.455 e. The zero-order valence-electron chi connectivity index (χ0n) is 22.8. The second kappa shape index (κ2) is 9.10. The van der Waals surface area contributed by atoms with Gasteiger partial charge in [0.1, 0.15) is 11.2 Å². The average Bonchev–Trinajstić information content (AvgIpc) is 3.61. The zero-order valence-corrected chi connectivity index (χ0v) is 22.8. The first-order valence-corrected chi connectivity index (χ1v) is 14.4. The highest BCUT2D eigenvalue weighted by Gasteiger charge is 2.30. The summed E-state index contributed by atoms with van der Waals surface area (Å²) in [5.74, 6) is 0. The zero-order chi connectivity index (χ0) is 27.6. The molecule has 9 rings (SSSR count). The summed E-state index contributed by atoms with van der Waals surface area (Å²) in [7, 11) is 0. The van der Waals surface area contributed by atoms with Crippen LogP contribution < -0.4 is 10.6 Å². The third-order valence-corrected chi connectivity index (χ3v) is 8.69. The smallest absolute Gasteiger partial charge is 0.160 e. The minimum absolute atomic E-state index is 0.00209. The van der Waals surface area contributed by atoms with Gasteiger partial charge in [-0.3, -0.25) is 5.32 Å². The summed E-state index contributed by atoms with van der Waals surface area (Å²) in [4.78, 5) is 0. The van der Waals surface area contributed by atoms with E-state index in [1.807, 2.05) is 6.07 Å². The van der Waals surface area contributed by atoms with Crippen molar-refractivity contribution in [3.05, 3.63) is 151 Å². The lowest BCUT2D eigenvalue weighted by Gasteiger charge is -2.37. The van der Waals surface area contributed by atoms with Crippen LogP contribution in [-0.2, 0) is 0 Å². The number of furan rings is 1. The number of para-hydroxylation sites is 2. The fourth-order valence-corrected chi connectivity index (χ4v) is 6.78. The van der Waals surface area contributed by atoms with Gasteiger partial charge in [0.15, 0.2) is 6.29 Å². The Labute approximate surface area is 242 Å². The molecule has 0 bridgehead atoms. The van der Waals surface area contributed by atoms with Crippen molar-refractivity contribution >= 4 is 49.4 Å². The number of anilines is 1. The number of benzene rings is 6. The van der Waals surface area contributed by atoms with Crippen LogP contribution in [0.4, 0.5) is 5.69 Å². The first-order chi connectivity index (χ1) is 20.8. The van der Waals surface area contributed by atoms with Crippen molar-refractivity contribution in [2.45, 2.75) is 12.3 Å². The minimum atomic E-state index is -0.186. The van der Waals surface area contributed by atoms with E-state index in [4.69, 9.17) is 4.42 Å². The molecule has 0 radical (unpaired) electrons. The molecule has 1 aliphatic heterocycles. The number of rotatable bonds is 3. The highest BCUT2D eigenvalue weighted by Crippen LogP contribution is 2.43. The van der Waals surface area contributed by atoms with E-state index in [9.17, 15) is 0 Å². The maximum atomic E-state index is 6.52. The second-order valence-corrected chi connectivity index (χ2v) is 11.0. The molecule has 2 aromatic heterocycles. The van der Waals surface area contributed by atoms with Gasteiger partial charge in [0.25, 0.3) is 0 Å². The quantitative estimate of drug-likeness (QED) is 0.234. The number of hydrogen-bond donors (Lipinski definition) is 2. The molecule has 2 unspecified atom stereocenters. The van der Waals surface area contributed by atoms with E-state index in [0.29, 0.717) is 0 Å². The summed E-state index contributed by atoms with van der Waals surface area (Å²) in [6.45, 7) is 0. The van der Waals surface area contributed by atoms with Gasteiger partial charge < -0.3 is 14.3 Å². The van der Waals surface area contributed by atoms with Crippen LogP contribution in [0.1, 0.15) is 23.5 Å². The Morgan fingerprint density at radius 1 is 0.571 bits per heavy atom. The first-order valence-electron chi connectivity index (χ1n) is 14.4. The Morgan fingerprint density at radius 2 is 1.31 bits per heavy atom. The predicted octanol–water partition coefficient (Wildman–Crippen LogP) is 9.62. The van der Waals surface area contributed by atoms with Crippen molar-refractivity contribution in [1.82, 2.24) is 9.88 Å². The van der Waals surface area contributed by atoms with Gasteiger partial charge in [-0.2, -0.15) is 0 Å². The van der Waals surface area contributed by atoms with Crippen molar-refractivity contribution in [2.75, 3.05) is 5.32 Å². The molecule has 42 heavy (non-hydrogen) atoms. The lowest BCUT2D eigenvalue weighted by atomic mass is 9.92. The molecule has 6 aromatic carbocycles. The second-order valence-electron chi connectivity index (χ2n) is 11.0. The Kier molecular flexibility index (Phi) is 5.07. The van der Waals surface area contributed by atoms with Crippen LogP contribution in [0.2, 0.25) is 0 Å². The number of fused-ring (bicyclic) bond motifs is 8. The van der Waals surface area contributed by atoms with Gasteiger partial charge in [0.05, 0.1) is 22.5 Å². The van der Waals surface area contributed by atoms with Gasteiger partial charge in [-0.15, -0.1) is 0 Å². The van der Waals surface area contributed by atoms with Gasteiger partial charge in [-0.1, -0.05) is 103 Å². The summed E-state index contributed by atoms with van der Waals surface area (Å²) in [6, 6.07) is 49.5. The van der Waals surface area contributed by atoms with Crippen molar-refractivity contribution in [3.63, 3.8) is 0 Å². The molecule has 2 atom stereocenters. The average molecular weight is 542 g/mol. The molecule has 0 saturated heterocycles. The summed E-state index contributed by atoms with van der Waals surface area (Å²) in [6.07, 6.45) is -0.186. The van der Waals surface area contributed by atoms with Crippen molar-refractivity contribution in [1.29, 1.82) is 0 Å². The Balaban J connectivity index is 1.26. The fourth-order valence-electron chi connectivity index (χ4n) is 6.78. The molecular formula is C38H27N3O. The normalized spacial score (nSPS) is 16.7. The Morgan fingerprint density at radius 3 is 2.17 bits per heavy atom. The predicted molar refractivity (Wildman–Crippen MR) is 173 cm³/mol. The fraction of sp³-hybridized carbons (Fsp3) is 0.0526. The van der Waals surface area contributed by atoms with Gasteiger partial charge in [0.2, 0.25) is 0 Å². The molecule has 8 aromatic rings. The highest BCUT2D eigenvalue weighted by atomic mass is 16.3. The monoisotopic (exact) mass is 541 g/mol. The molecule has 0 spiro atoms. The molecular weight excluding hydrogens is 514 g/mol. The SMILES string of the molecule is c1ccc(-c2ccc3c(c2)C(c2ccccc2)NC(n2c4ccccc4c4c5oc6ccccc6c5ccc42)N3)cc1. The number of aromatic nitrogens is 1. The lowest BCUT2D eigenvalue weighted by Crippen LogP contribution is -2.40. The van der Waals surface area contributed by atoms with Crippen molar-refractivity contribution in [3.8, 4) is 11.1 Å². The van der Waals surface area contributed by atoms with Crippen molar-refractivity contribution < 1.29 is 4.42 Å². The van der Waals surface area contributed by atoms with Crippen LogP contribution in [-0.4, -0.2) is 4.57 Å². The van der Waals surface area contributed by atoms with Gasteiger partial charge in [-0.25, -0.2) is 0 Å². The molecule has 1 aliphatic rings. The highest BCUT2D eigenvalue weighted by molar-refractivity contribution is 6.23. The summed E-state index contributed by atoms with van der Waals surface area (Å²) >= 11 is 0. The molecule has 0 saturated carbocycles. The van der Waals surface area contributed by atoms with Crippen LogP contribution in [0.25, 0.3) is 54.9 Å². The van der Waals surface area contributed by atoms with E-state index in [-0.39, 0.29) is 12.3 Å². The third-order valence-electron chi connectivity index (χ3n) is 8.69. The summed E-state index contributed by atoms with van der Waals surface area (Å²) in [5, 5.41) is 12.5. The Hall–Kier alpha value is -5.32. The van der Waals surface area contributed by atoms with Crippen LogP contribution in [0.3, 0.4) is 0 Å². The van der Waals surface area contributed by atoms with E-state index < -0.39 is 0 Å². The van der Waals surface area contributed by atoms with Crippen molar-refractivity contribution in [2.24, 2.45) is 0 Å². The maximum absolute atomic E-state index is 6.52. The molecule has 0 fully saturated rings. The largest absolute Gasteiger partial charge is 0.455 e. The molecule has 2 N–H and O–H groups in total. The number of hydrogen-bond acceptors (Lipinski definition) is 3. The van der Waals surface area contributed by atoms with Gasteiger partial charge >= 0.3 is 0 Å². The number of nitrogens with zero attached hydrogens (tertiary/aromatic N) is 1. The molecule has 0 aliphatic carbocycles. The van der Waals surface area contributed by atoms with Gasteiger partial charge in [-0.05, 0) is 58.7 Å². The standard InChI is InChI=1S/C38H27N3O/c1-3-11-24(12-4-1)26-19-21-31-30(23-26)36(25-13-5-2-6-14-25)40-38(39-31)41-32-17-9-7-16-29(32)35-33(41)22-20-28-27-15-8-10-18-34(27)42-37(28)35/h1-23,36,38-40H. The lowest BCUT2D eigenvalue weighted by molar-refractivity contribution is 0.417. The molecule has 4 heteroatoms. The maximum Gasteiger partial charge on any atom is 0.160 e. The summed E-state index contributed by atoms with van der Waals surface area (Å²) < 4.78 is 8.91. The van der Waals surface area contributed by atoms with Crippen LogP contribution in [0.5, 0.6) is 0 Å². The van der Waals surface area contributed by atoms with E-state index in [2.05, 4.69) is 149 Å². The Bertz CT molecular complexity index is 2260. The topological polar surface area (TPSA) is 42.1 Å². The molecule has 3 heterocycles. The van der Waals surface area contributed by atoms with Crippen LogP contribution >= 0.6 is 0 Å². The summed E-state index contributed by atoms with van der Waals surface area (Å²) in [5.41, 5.74) is 10.2. The number of nitrogens with one attached hydrogen (secondary N) is 2. The van der Waals surface area contributed by atoms with E-state index >= 15 is 0 Å². The van der Waals surface area contributed by atoms with E-state index in [1.165, 1.54) is 27.6 Å². The van der Waals surface area contributed by atoms with E-state index in [1.54, 1.807) is 0 Å². The molecule has 4 nitrogen and oxygen atoms in total. The third kappa shape index (κ3) is 3.46. The van der Waals surface area contributed by atoms with Crippen LogP contribution in [0.15, 0.2) is 144 Å². The molecule has 200 valence electrons. The van der Waals surface area contributed by atoms with Crippen LogP contribution in [0, 0.1) is 0 Å².